The van der Waals surface area contributed by atoms with Crippen molar-refractivity contribution in [3.05, 3.63) is 64.7 Å². The van der Waals surface area contributed by atoms with E-state index in [1.165, 1.54) is 0 Å². The minimum Gasteiger partial charge on any atom is -0.444 e. The molecule has 0 aromatic heterocycles. The molecule has 1 atom stereocenters. The van der Waals surface area contributed by atoms with Gasteiger partial charge in [-0.2, -0.15) is 0 Å². The maximum atomic E-state index is 12.8. The van der Waals surface area contributed by atoms with Crippen LogP contribution in [0.3, 0.4) is 0 Å². The third-order valence-corrected chi connectivity index (χ3v) is 4.35. The van der Waals surface area contributed by atoms with Gasteiger partial charge in [0.15, 0.2) is 0 Å². The zero-order chi connectivity index (χ0) is 21.4. The van der Waals surface area contributed by atoms with Gasteiger partial charge in [-0.05, 0) is 44.9 Å². The Hall–Kier alpha value is -2.57. The van der Waals surface area contributed by atoms with E-state index in [2.05, 4.69) is 10.6 Å². The minimum absolute atomic E-state index is 0.0244. The molecule has 0 aliphatic rings. The zero-order valence-electron chi connectivity index (χ0n) is 17.1. The minimum atomic E-state index is -0.954. The van der Waals surface area contributed by atoms with Gasteiger partial charge in [0.2, 0.25) is 5.91 Å². The molecule has 156 valence electrons. The molecule has 0 aliphatic carbocycles. The fourth-order valence-corrected chi connectivity index (χ4v) is 2.64. The largest absolute Gasteiger partial charge is 0.444 e. The average Bonchev–Trinajstić information content (AvgIpc) is 2.64. The number of anilines is 1. The highest BCUT2D eigenvalue weighted by molar-refractivity contribution is 6.34. The smallest absolute Gasteiger partial charge is 0.408 e. The molecule has 0 heterocycles. The number of aryl methyl sites for hydroxylation is 1. The number of carbonyl (C=O) groups is 2. The van der Waals surface area contributed by atoms with Crippen molar-refractivity contribution >= 4 is 29.3 Å². The highest BCUT2D eigenvalue weighted by Gasteiger charge is 2.25. The first-order valence-corrected chi connectivity index (χ1v) is 9.70. The Bertz CT molecular complexity index is 834. The molecule has 6 nitrogen and oxygen atoms in total. The quantitative estimate of drug-likeness (QED) is 0.683. The van der Waals surface area contributed by atoms with Crippen LogP contribution < -0.4 is 10.6 Å². The summed E-state index contributed by atoms with van der Waals surface area (Å²) < 4.78 is 10.9. The summed E-state index contributed by atoms with van der Waals surface area (Å²) in [6.45, 7) is 7.38. The first-order valence-electron chi connectivity index (χ1n) is 9.33. The molecule has 0 fully saturated rings. The molecule has 2 aromatic rings. The van der Waals surface area contributed by atoms with E-state index < -0.39 is 23.6 Å². The number of benzene rings is 2. The molecule has 0 aliphatic heterocycles. The van der Waals surface area contributed by atoms with Gasteiger partial charge in [0.05, 0.1) is 23.9 Å². The van der Waals surface area contributed by atoms with Crippen LogP contribution in [-0.4, -0.2) is 30.3 Å². The van der Waals surface area contributed by atoms with Crippen molar-refractivity contribution in [3.63, 3.8) is 0 Å². The second kappa shape index (κ2) is 10.3. The molecular weight excluding hydrogens is 392 g/mol. The summed E-state index contributed by atoms with van der Waals surface area (Å²) in [6, 6.07) is 13.9. The lowest BCUT2D eigenvalue weighted by atomic mass is 10.2. The summed E-state index contributed by atoms with van der Waals surface area (Å²) in [5.41, 5.74) is 1.58. The molecule has 29 heavy (non-hydrogen) atoms. The molecule has 0 bridgehead atoms. The molecule has 2 aromatic carbocycles. The predicted molar refractivity (Wildman–Crippen MR) is 114 cm³/mol. The number of rotatable bonds is 7. The van der Waals surface area contributed by atoms with Crippen LogP contribution in [-0.2, 0) is 20.9 Å². The van der Waals surface area contributed by atoms with Crippen LogP contribution in [0.15, 0.2) is 48.5 Å². The second-order valence-electron chi connectivity index (χ2n) is 7.63. The molecule has 7 heteroatoms. The first-order chi connectivity index (χ1) is 13.7. The lowest BCUT2D eigenvalue weighted by molar-refractivity contribution is -0.119. The van der Waals surface area contributed by atoms with Gasteiger partial charge in [-0.3, -0.25) is 4.79 Å². The van der Waals surface area contributed by atoms with Crippen molar-refractivity contribution in [1.82, 2.24) is 5.32 Å². The topological polar surface area (TPSA) is 76.7 Å². The maximum absolute atomic E-state index is 12.8. The molecule has 0 spiro atoms. The van der Waals surface area contributed by atoms with Crippen LogP contribution in [0.25, 0.3) is 0 Å². The second-order valence-corrected chi connectivity index (χ2v) is 8.00. The van der Waals surface area contributed by atoms with E-state index >= 15 is 0 Å². The lowest BCUT2D eigenvalue weighted by Gasteiger charge is -2.23. The molecule has 0 unspecified atom stereocenters. The van der Waals surface area contributed by atoms with Crippen LogP contribution in [0.1, 0.15) is 31.9 Å². The SMILES string of the molecule is Cc1cccc(NC(=O)[C@H](COCc2ccccc2)NC(=O)OC(C)(C)C)c1Cl. The van der Waals surface area contributed by atoms with E-state index in [1.54, 1.807) is 32.9 Å². The Morgan fingerprint density at radius 1 is 1.07 bits per heavy atom. The van der Waals surface area contributed by atoms with E-state index in [0.717, 1.165) is 11.1 Å². The summed E-state index contributed by atoms with van der Waals surface area (Å²) in [5, 5.41) is 5.77. The number of alkyl carbamates (subject to hydrolysis) is 1. The Balaban J connectivity index is 2.06. The van der Waals surface area contributed by atoms with Crippen LogP contribution in [0, 0.1) is 6.92 Å². The van der Waals surface area contributed by atoms with Crippen molar-refractivity contribution < 1.29 is 19.1 Å². The molecule has 0 saturated carbocycles. The summed E-state index contributed by atoms with van der Waals surface area (Å²) in [5.74, 6) is -0.448. The average molecular weight is 419 g/mol. The molecule has 2 amide bonds. The summed E-state index contributed by atoms with van der Waals surface area (Å²) in [7, 11) is 0. The monoisotopic (exact) mass is 418 g/mol. The van der Waals surface area contributed by atoms with Gasteiger partial charge >= 0.3 is 6.09 Å². The fourth-order valence-electron chi connectivity index (χ4n) is 2.47. The lowest BCUT2D eigenvalue weighted by Crippen LogP contribution is -2.48. The van der Waals surface area contributed by atoms with Crippen molar-refractivity contribution in [2.45, 2.75) is 45.9 Å². The molecule has 0 radical (unpaired) electrons. The van der Waals surface area contributed by atoms with Crippen LogP contribution in [0.5, 0.6) is 0 Å². The number of hydrogen-bond donors (Lipinski definition) is 2. The van der Waals surface area contributed by atoms with Crippen LogP contribution in [0.4, 0.5) is 10.5 Å². The Morgan fingerprint density at radius 3 is 2.41 bits per heavy atom. The number of nitrogens with one attached hydrogen (secondary N) is 2. The van der Waals surface area contributed by atoms with E-state index in [-0.39, 0.29) is 6.61 Å². The normalized spacial score (nSPS) is 12.2. The highest BCUT2D eigenvalue weighted by atomic mass is 35.5. The third-order valence-electron chi connectivity index (χ3n) is 3.85. The van der Waals surface area contributed by atoms with E-state index in [1.807, 2.05) is 43.3 Å². The molecule has 2 rings (SSSR count). The van der Waals surface area contributed by atoms with E-state index in [4.69, 9.17) is 21.1 Å². The Kier molecular flexibility index (Phi) is 8.05. The van der Waals surface area contributed by atoms with Gasteiger partial charge in [0, 0.05) is 0 Å². The number of amides is 2. The van der Waals surface area contributed by atoms with Crippen molar-refractivity contribution in [1.29, 1.82) is 0 Å². The molecule has 2 N–H and O–H groups in total. The van der Waals surface area contributed by atoms with E-state index in [9.17, 15) is 9.59 Å². The number of halogens is 1. The van der Waals surface area contributed by atoms with Gasteiger partial charge in [-0.15, -0.1) is 0 Å². The van der Waals surface area contributed by atoms with E-state index in [0.29, 0.717) is 17.3 Å². The number of ether oxygens (including phenoxy) is 2. The number of hydrogen-bond acceptors (Lipinski definition) is 4. The predicted octanol–water partition coefficient (Wildman–Crippen LogP) is 4.70. The van der Waals surface area contributed by atoms with Gasteiger partial charge in [0.1, 0.15) is 11.6 Å². The van der Waals surface area contributed by atoms with Gasteiger partial charge < -0.3 is 20.1 Å². The zero-order valence-corrected chi connectivity index (χ0v) is 17.9. The third kappa shape index (κ3) is 7.75. The van der Waals surface area contributed by atoms with Gasteiger partial charge in [-0.1, -0.05) is 54.1 Å². The fraction of sp³-hybridized carbons (Fsp3) is 0.364. The van der Waals surface area contributed by atoms with Crippen molar-refractivity contribution in [3.8, 4) is 0 Å². The summed E-state index contributed by atoms with van der Waals surface area (Å²) >= 11 is 6.26. The highest BCUT2D eigenvalue weighted by Crippen LogP contribution is 2.25. The van der Waals surface area contributed by atoms with Crippen LogP contribution >= 0.6 is 11.6 Å². The Morgan fingerprint density at radius 2 is 1.76 bits per heavy atom. The van der Waals surface area contributed by atoms with Gasteiger partial charge in [-0.25, -0.2) is 4.79 Å². The van der Waals surface area contributed by atoms with Gasteiger partial charge in [0.25, 0.3) is 0 Å². The molecule has 0 saturated heterocycles. The molecular formula is C22H27ClN2O4. The van der Waals surface area contributed by atoms with Crippen molar-refractivity contribution in [2.75, 3.05) is 11.9 Å². The Labute approximate surface area is 176 Å². The standard InChI is InChI=1S/C22H27ClN2O4/c1-15-9-8-12-17(19(15)23)24-20(26)18(25-21(27)29-22(2,3)4)14-28-13-16-10-6-5-7-11-16/h5-12,18H,13-14H2,1-4H3,(H,24,26)(H,25,27)/t18-/m0/s1. The van der Waals surface area contributed by atoms with Crippen LogP contribution in [0.2, 0.25) is 5.02 Å². The first kappa shape index (κ1) is 22.7. The van der Waals surface area contributed by atoms with Crippen molar-refractivity contribution in [2.24, 2.45) is 0 Å². The summed E-state index contributed by atoms with van der Waals surface area (Å²) in [4.78, 5) is 25.0. The maximum Gasteiger partial charge on any atom is 0.408 e. The summed E-state index contributed by atoms with van der Waals surface area (Å²) in [6.07, 6.45) is -0.698. The number of carbonyl (C=O) groups excluding carboxylic acids is 2.